The van der Waals surface area contributed by atoms with Crippen LogP contribution in [0.5, 0.6) is 11.8 Å². The van der Waals surface area contributed by atoms with Crippen molar-refractivity contribution >= 4 is 17.0 Å². The quantitative estimate of drug-likeness (QED) is 0.226. The van der Waals surface area contributed by atoms with Crippen molar-refractivity contribution < 1.29 is 19.4 Å². The molecule has 2 unspecified atom stereocenters. The molecule has 9 nitrogen and oxygen atoms in total. The predicted octanol–water partition coefficient (Wildman–Crippen LogP) is 6.19. The van der Waals surface area contributed by atoms with E-state index in [1.807, 2.05) is 55.6 Å². The number of rotatable bonds is 9. The van der Waals surface area contributed by atoms with E-state index < -0.39 is 11.9 Å². The third-order valence-electron chi connectivity index (χ3n) is 7.96. The zero-order chi connectivity index (χ0) is 29.1. The van der Waals surface area contributed by atoms with Gasteiger partial charge in [0.05, 0.1) is 29.8 Å². The summed E-state index contributed by atoms with van der Waals surface area (Å²) in [7, 11) is 1.54. The molecule has 3 aromatic heterocycles. The zero-order valence-electron chi connectivity index (χ0n) is 23.7. The van der Waals surface area contributed by atoms with E-state index in [-0.39, 0.29) is 5.92 Å². The van der Waals surface area contributed by atoms with Crippen LogP contribution in [0.2, 0.25) is 0 Å². The van der Waals surface area contributed by atoms with Crippen molar-refractivity contribution in [1.82, 2.24) is 24.5 Å². The van der Waals surface area contributed by atoms with Gasteiger partial charge in [-0.1, -0.05) is 43.2 Å². The Balaban J connectivity index is 1.34. The Bertz CT molecular complexity index is 1680. The lowest BCUT2D eigenvalue weighted by atomic mass is 9.78. The van der Waals surface area contributed by atoms with Crippen molar-refractivity contribution in [2.24, 2.45) is 5.92 Å². The number of carbonyl (C=O) groups is 1. The van der Waals surface area contributed by atoms with Crippen LogP contribution in [0, 0.1) is 12.8 Å². The van der Waals surface area contributed by atoms with E-state index in [2.05, 4.69) is 31.7 Å². The highest BCUT2D eigenvalue weighted by Gasteiger charge is 2.35. The molecule has 2 aromatic carbocycles. The number of carboxylic acid groups (broad SMARTS) is 1. The fourth-order valence-electron chi connectivity index (χ4n) is 5.69. The van der Waals surface area contributed by atoms with E-state index in [0.717, 1.165) is 64.1 Å². The standard InChI is InChI=1S/C33H33N5O4/c1-21-7-12-25(34-16-21)20-42-26-13-14-29-30(15-26)38(31(37-29)27-5-3-4-6-28(27)32(39)40)19-22-8-10-23(11-9-22)24-17-35-33(41-2)36-18-24/h7-18,27-28H,3-6,19-20H2,1-2H3,(H,39,40). The van der Waals surface area contributed by atoms with E-state index in [9.17, 15) is 9.90 Å². The van der Waals surface area contributed by atoms with Crippen molar-refractivity contribution in [3.05, 3.63) is 95.8 Å². The number of ether oxygens (including phenoxy) is 2. The molecule has 1 aliphatic rings. The second-order valence-electron chi connectivity index (χ2n) is 10.8. The Morgan fingerprint density at radius 1 is 0.952 bits per heavy atom. The molecular formula is C33H33N5O4. The Morgan fingerprint density at radius 2 is 1.74 bits per heavy atom. The first-order chi connectivity index (χ1) is 20.5. The van der Waals surface area contributed by atoms with Crippen LogP contribution in [0.25, 0.3) is 22.2 Å². The molecule has 3 heterocycles. The molecule has 0 spiro atoms. The number of aromatic nitrogens is 5. The topological polar surface area (TPSA) is 112 Å². The first kappa shape index (κ1) is 27.4. The van der Waals surface area contributed by atoms with Crippen LogP contribution in [-0.4, -0.2) is 42.7 Å². The number of carboxylic acids is 1. The summed E-state index contributed by atoms with van der Waals surface area (Å²) in [5.41, 5.74) is 6.66. The first-order valence-electron chi connectivity index (χ1n) is 14.2. The number of methoxy groups -OCH3 is 1. The minimum atomic E-state index is -0.751. The van der Waals surface area contributed by atoms with Crippen LogP contribution in [0.15, 0.2) is 73.2 Å². The van der Waals surface area contributed by atoms with Gasteiger partial charge < -0.3 is 19.1 Å². The Morgan fingerprint density at radius 3 is 2.45 bits per heavy atom. The number of imidazole rings is 1. The highest BCUT2D eigenvalue weighted by molar-refractivity contribution is 5.79. The smallest absolute Gasteiger partial charge is 0.316 e. The van der Waals surface area contributed by atoms with Crippen LogP contribution < -0.4 is 9.47 Å². The van der Waals surface area contributed by atoms with Gasteiger partial charge in [-0.15, -0.1) is 0 Å². The monoisotopic (exact) mass is 563 g/mol. The second-order valence-corrected chi connectivity index (χ2v) is 10.8. The molecule has 1 N–H and O–H groups in total. The molecule has 2 atom stereocenters. The van der Waals surface area contributed by atoms with Crippen molar-refractivity contribution in [2.45, 2.75) is 51.7 Å². The lowest BCUT2D eigenvalue weighted by molar-refractivity contribution is -0.143. The Kier molecular flexibility index (Phi) is 7.81. The molecule has 0 saturated heterocycles. The summed E-state index contributed by atoms with van der Waals surface area (Å²) in [4.78, 5) is 30.1. The third kappa shape index (κ3) is 5.81. The number of aliphatic carboxylic acids is 1. The van der Waals surface area contributed by atoms with Gasteiger partial charge in [0.1, 0.15) is 18.2 Å². The average molecular weight is 564 g/mol. The Labute approximate surface area is 244 Å². The van der Waals surface area contributed by atoms with E-state index in [0.29, 0.717) is 31.3 Å². The minimum Gasteiger partial charge on any atom is -0.487 e. The highest BCUT2D eigenvalue weighted by Crippen LogP contribution is 2.39. The normalized spacial score (nSPS) is 16.8. The maximum atomic E-state index is 12.2. The fourth-order valence-corrected chi connectivity index (χ4v) is 5.69. The zero-order valence-corrected chi connectivity index (χ0v) is 23.7. The van der Waals surface area contributed by atoms with Crippen molar-refractivity contribution in [1.29, 1.82) is 0 Å². The SMILES string of the molecule is COc1ncc(-c2ccc(Cn3c(C4CCCCC4C(=O)O)nc4ccc(OCc5ccc(C)cn5)cc43)cc2)cn1. The van der Waals surface area contributed by atoms with E-state index in [4.69, 9.17) is 14.5 Å². The molecule has 0 amide bonds. The molecule has 0 bridgehead atoms. The van der Waals surface area contributed by atoms with Crippen molar-refractivity contribution in [2.75, 3.05) is 7.11 Å². The molecule has 9 heteroatoms. The molecule has 5 aromatic rings. The molecule has 0 radical (unpaired) electrons. The van der Waals surface area contributed by atoms with Gasteiger partial charge in [0.25, 0.3) is 0 Å². The maximum absolute atomic E-state index is 12.2. The van der Waals surface area contributed by atoms with Gasteiger partial charge in [-0.3, -0.25) is 9.78 Å². The van der Waals surface area contributed by atoms with Gasteiger partial charge in [0.2, 0.25) is 0 Å². The van der Waals surface area contributed by atoms with Gasteiger partial charge in [-0.05, 0) is 54.7 Å². The van der Waals surface area contributed by atoms with Crippen LogP contribution in [0.4, 0.5) is 0 Å². The average Bonchev–Trinajstić information content (AvgIpc) is 3.38. The van der Waals surface area contributed by atoms with Gasteiger partial charge in [-0.2, -0.15) is 0 Å². The minimum absolute atomic E-state index is 0.152. The number of pyridine rings is 1. The second kappa shape index (κ2) is 12.0. The van der Waals surface area contributed by atoms with Crippen LogP contribution in [0.1, 0.15) is 54.2 Å². The lowest BCUT2D eigenvalue weighted by Gasteiger charge is -2.28. The maximum Gasteiger partial charge on any atom is 0.316 e. The van der Waals surface area contributed by atoms with Gasteiger partial charge in [-0.25, -0.2) is 15.0 Å². The molecule has 6 rings (SSSR count). The lowest BCUT2D eigenvalue weighted by Crippen LogP contribution is -2.27. The fraction of sp³-hybridized carbons (Fsp3) is 0.303. The summed E-state index contributed by atoms with van der Waals surface area (Å²) in [5.74, 6) is 0.183. The number of aryl methyl sites for hydroxylation is 1. The number of hydrogen-bond donors (Lipinski definition) is 1. The summed E-state index contributed by atoms with van der Waals surface area (Å²) < 4.78 is 13.4. The Hall–Kier alpha value is -4.79. The molecule has 0 aliphatic heterocycles. The van der Waals surface area contributed by atoms with Crippen LogP contribution in [-0.2, 0) is 17.9 Å². The number of hydrogen-bond acceptors (Lipinski definition) is 7. The van der Waals surface area contributed by atoms with E-state index >= 15 is 0 Å². The van der Waals surface area contributed by atoms with Crippen LogP contribution >= 0.6 is 0 Å². The van der Waals surface area contributed by atoms with Crippen molar-refractivity contribution in [3.8, 4) is 22.9 Å². The van der Waals surface area contributed by atoms with E-state index in [1.165, 1.54) is 0 Å². The summed E-state index contributed by atoms with van der Waals surface area (Å²) in [6, 6.07) is 18.4. The number of benzene rings is 2. The first-order valence-corrected chi connectivity index (χ1v) is 14.2. The molecule has 1 aliphatic carbocycles. The predicted molar refractivity (Wildman–Crippen MR) is 158 cm³/mol. The molecule has 1 saturated carbocycles. The number of nitrogens with zero attached hydrogens (tertiary/aromatic N) is 5. The summed E-state index contributed by atoms with van der Waals surface area (Å²) in [6.45, 7) is 2.91. The molecule has 214 valence electrons. The third-order valence-corrected chi connectivity index (χ3v) is 7.96. The summed E-state index contributed by atoms with van der Waals surface area (Å²) in [6.07, 6.45) is 8.71. The molecule has 42 heavy (non-hydrogen) atoms. The summed E-state index contributed by atoms with van der Waals surface area (Å²) in [5, 5.41) is 10.1. The highest BCUT2D eigenvalue weighted by atomic mass is 16.5. The molecule has 1 fully saturated rings. The number of fused-ring (bicyclic) bond motifs is 1. The van der Waals surface area contributed by atoms with E-state index in [1.54, 1.807) is 19.5 Å². The van der Waals surface area contributed by atoms with Gasteiger partial charge >= 0.3 is 12.0 Å². The largest absolute Gasteiger partial charge is 0.487 e. The van der Waals surface area contributed by atoms with Crippen molar-refractivity contribution in [3.63, 3.8) is 0 Å². The summed E-state index contributed by atoms with van der Waals surface area (Å²) >= 11 is 0. The molecular weight excluding hydrogens is 530 g/mol. The van der Waals surface area contributed by atoms with Gasteiger partial charge in [0.15, 0.2) is 0 Å². The van der Waals surface area contributed by atoms with Gasteiger partial charge in [0, 0.05) is 42.7 Å². The van der Waals surface area contributed by atoms with Crippen LogP contribution in [0.3, 0.4) is 0 Å².